The van der Waals surface area contributed by atoms with Crippen molar-refractivity contribution in [2.45, 2.75) is 39.2 Å². The Labute approximate surface area is 169 Å². The van der Waals surface area contributed by atoms with Gasteiger partial charge in [0.05, 0.1) is 28.6 Å². The van der Waals surface area contributed by atoms with Crippen LogP contribution in [0.1, 0.15) is 31.4 Å². The summed E-state index contributed by atoms with van der Waals surface area (Å²) in [6.07, 6.45) is 5.16. The number of hydrogen-bond acceptors (Lipinski definition) is 5. The number of fused-ring (bicyclic) bond motifs is 1. The summed E-state index contributed by atoms with van der Waals surface area (Å²) in [4.78, 5) is 32.4. The first-order valence-electron chi connectivity index (χ1n) is 10.1. The maximum Gasteiger partial charge on any atom is 0.294 e. The molecule has 0 aliphatic carbocycles. The molecule has 152 valence electrons. The second-order valence-electron chi connectivity index (χ2n) is 7.49. The minimum absolute atomic E-state index is 0.129. The van der Waals surface area contributed by atoms with E-state index in [9.17, 15) is 9.59 Å². The molecular weight excluding hydrogens is 368 g/mol. The first-order chi connectivity index (χ1) is 14.0. The zero-order valence-corrected chi connectivity index (χ0v) is 16.9. The van der Waals surface area contributed by atoms with Gasteiger partial charge in [0.2, 0.25) is 5.91 Å². The van der Waals surface area contributed by atoms with Gasteiger partial charge in [0.25, 0.3) is 5.56 Å². The van der Waals surface area contributed by atoms with Crippen LogP contribution in [-0.2, 0) is 18.4 Å². The molecule has 0 radical (unpaired) electrons. The first kappa shape index (κ1) is 19.2. The van der Waals surface area contributed by atoms with E-state index in [-0.39, 0.29) is 17.9 Å². The highest BCUT2D eigenvalue weighted by molar-refractivity contribution is 5.91. The van der Waals surface area contributed by atoms with E-state index in [1.54, 1.807) is 15.4 Å². The summed E-state index contributed by atoms with van der Waals surface area (Å²) in [6.45, 7) is 3.89. The minimum atomic E-state index is -0.145. The van der Waals surface area contributed by atoms with Crippen molar-refractivity contribution in [2.24, 2.45) is 7.05 Å². The van der Waals surface area contributed by atoms with Gasteiger partial charge >= 0.3 is 0 Å². The van der Waals surface area contributed by atoms with Crippen molar-refractivity contribution in [3.05, 3.63) is 46.5 Å². The van der Waals surface area contributed by atoms with Crippen molar-refractivity contribution in [3.63, 3.8) is 0 Å². The molecule has 0 saturated carbocycles. The Morgan fingerprint density at radius 3 is 2.66 bits per heavy atom. The van der Waals surface area contributed by atoms with Gasteiger partial charge in [-0.2, -0.15) is 5.10 Å². The molecule has 29 heavy (non-hydrogen) atoms. The second kappa shape index (κ2) is 8.06. The molecule has 3 heterocycles. The third-order valence-corrected chi connectivity index (χ3v) is 5.56. The van der Waals surface area contributed by atoms with Crippen LogP contribution >= 0.6 is 0 Å². The van der Waals surface area contributed by atoms with Crippen LogP contribution in [0.25, 0.3) is 11.0 Å². The van der Waals surface area contributed by atoms with Gasteiger partial charge in [-0.25, -0.2) is 4.98 Å². The quantitative estimate of drug-likeness (QED) is 0.719. The van der Waals surface area contributed by atoms with E-state index in [2.05, 4.69) is 20.3 Å². The Bertz CT molecular complexity index is 1090. The summed E-state index contributed by atoms with van der Waals surface area (Å²) in [7, 11) is 1.83. The summed E-state index contributed by atoms with van der Waals surface area (Å²) in [6, 6.07) is 7.60. The van der Waals surface area contributed by atoms with E-state index < -0.39 is 0 Å². The zero-order chi connectivity index (χ0) is 20.4. The topological polar surface area (TPSA) is 85.1 Å². The number of hydrogen-bond donors (Lipinski definition) is 1. The van der Waals surface area contributed by atoms with E-state index in [4.69, 9.17) is 0 Å². The number of aromatic nitrogens is 4. The Morgan fingerprint density at radius 1 is 1.17 bits per heavy atom. The third kappa shape index (κ3) is 3.87. The van der Waals surface area contributed by atoms with Gasteiger partial charge < -0.3 is 14.8 Å². The first-order valence-corrected chi connectivity index (χ1v) is 10.1. The molecule has 1 N–H and O–H groups in total. The summed E-state index contributed by atoms with van der Waals surface area (Å²) in [5.41, 5.74) is 2.98. The third-order valence-electron chi connectivity index (χ3n) is 5.56. The second-order valence-corrected chi connectivity index (χ2v) is 7.49. The van der Waals surface area contributed by atoms with Crippen molar-refractivity contribution >= 4 is 28.4 Å². The Morgan fingerprint density at radius 2 is 1.93 bits per heavy atom. The number of aryl methyl sites for hydroxylation is 2. The molecule has 2 aromatic heterocycles. The van der Waals surface area contributed by atoms with Gasteiger partial charge in [-0.15, -0.1) is 0 Å². The van der Waals surface area contributed by atoms with Crippen LogP contribution in [0.2, 0.25) is 0 Å². The predicted octanol–water partition coefficient (Wildman–Crippen LogP) is 2.46. The Hall–Kier alpha value is -3.16. The molecule has 1 amide bonds. The Balaban J connectivity index is 1.60. The number of para-hydroxylation sites is 2. The van der Waals surface area contributed by atoms with E-state index in [0.29, 0.717) is 18.1 Å². The molecule has 1 aromatic carbocycles. The smallest absolute Gasteiger partial charge is 0.294 e. The van der Waals surface area contributed by atoms with Gasteiger partial charge in [-0.05, 0) is 38.3 Å². The van der Waals surface area contributed by atoms with E-state index in [1.165, 1.54) is 6.42 Å². The number of piperidine rings is 1. The molecule has 0 bridgehead atoms. The lowest BCUT2D eigenvalue weighted by Gasteiger charge is -2.27. The lowest BCUT2D eigenvalue weighted by atomic mass is 10.1. The molecule has 3 aromatic rings. The van der Waals surface area contributed by atoms with Crippen molar-refractivity contribution in [1.29, 1.82) is 0 Å². The van der Waals surface area contributed by atoms with Crippen LogP contribution in [0, 0.1) is 6.92 Å². The van der Waals surface area contributed by atoms with Crippen LogP contribution in [0.4, 0.5) is 11.5 Å². The fraction of sp³-hybridized carbons (Fsp3) is 0.429. The number of carbonyl (C=O) groups is 1. The van der Waals surface area contributed by atoms with Crippen molar-refractivity contribution in [3.8, 4) is 0 Å². The number of rotatable bonds is 5. The number of anilines is 2. The number of amides is 1. The molecule has 8 heteroatoms. The molecule has 1 fully saturated rings. The molecule has 8 nitrogen and oxygen atoms in total. The lowest BCUT2D eigenvalue weighted by Crippen LogP contribution is -2.37. The molecule has 0 spiro atoms. The predicted molar refractivity (Wildman–Crippen MR) is 113 cm³/mol. The number of benzene rings is 1. The lowest BCUT2D eigenvalue weighted by molar-refractivity contribution is -0.116. The average Bonchev–Trinajstić information content (AvgIpc) is 3.05. The van der Waals surface area contributed by atoms with Crippen LogP contribution in [0.3, 0.4) is 0 Å². The molecule has 1 aliphatic rings. The van der Waals surface area contributed by atoms with Crippen molar-refractivity contribution in [1.82, 2.24) is 19.3 Å². The fourth-order valence-corrected chi connectivity index (χ4v) is 3.76. The van der Waals surface area contributed by atoms with Crippen LogP contribution < -0.4 is 15.8 Å². The summed E-state index contributed by atoms with van der Waals surface area (Å²) >= 11 is 0. The summed E-state index contributed by atoms with van der Waals surface area (Å²) in [5, 5.41) is 7.02. The van der Waals surface area contributed by atoms with Crippen molar-refractivity contribution in [2.75, 3.05) is 23.3 Å². The molecule has 1 saturated heterocycles. The highest BCUT2D eigenvalue weighted by Gasteiger charge is 2.19. The van der Waals surface area contributed by atoms with Gasteiger partial charge in [-0.1, -0.05) is 12.1 Å². The fourth-order valence-electron chi connectivity index (χ4n) is 3.76. The highest BCUT2D eigenvalue weighted by atomic mass is 16.2. The average molecular weight is 394 g/mol. The number of nitrogens with one attached hydrogen (secondary N) is 1. The van der Waals surface area contributed by atoms with Crippen molar-refractivity contribution < 1.29 is 4.79 Å². The summed E-state index contributed by atoms with van der Waals surface area (Å²) in [5.74, 6) is 0.348. The maximum atomic E-state index is 13.2. The van der Waals surface area contributed by atoms with Gasteiger partial charge in [0.1, 0.15) is 0 Å². The van der Waals surface area contributed by atoms with Gasteiger partial charge in [0, 0.05) is 33.1 Å². The summed E-state index contributed by atoms with van der Waals surface area (Å²) < 4.78 is 3.39. The maximum absolute atomic E-state index is 13.2. The molecular formula is C21H26N6O2. The van der Waals surface area contributed by atoms with E-state index in [0.717, 1.165) is 42.7 Å². The number of carbonyl (C=O) groups excluding carboxylic acids is 1. The molecule has 0 unspecified atom stereocenters. The van der Waals surface area contributed by atoms with Crippen LogP contribution in [0.5, 0.6) is 0 Å². The largest absolute Gasteiger partial charge is 0.352 e. The molecule has 4 rings (SSSR count). The van der Waals surface area contributed by atoms with E-state index in [1.807, 2.05) is 38.2 Å². The normalized spacial score (nSPS) is 14.3. The zero-order valence-electron chi connectivity index (χ0n) is 16.9. The SMILES string of the molecule is Cc1c(NC(=O)CCn2c(=O)c(N3CCCCC3)nc3ccccc32)cnn1C. The molecule has 0 atom stereocenters. The highest BCUT2D eigenvalue weighted by Crippen LogP contribution is 2.19. The van der Waals surface area contributed by atoms with Crippen LogP contribution in [-0.4, -0.2) is 38.3 Å². The monoisotopic (exact) mass is 394 g/mol. The van der Waals surface area contributed by atoms with Crippen LogP contribution in [0.15, 0.2) is 35.3 Å². The van der Waals surface area contributed by atoms with Gasteiger partial charge in [-0.3, -0.25) is 14.3 Å². The minimum Gasteiger partial charge on any atom is -0.352 e. The number of nitrogens with zero attached hydrogens (tertiary/aromatic N) is 5. The Kier molecular flexibility index (Phi) is 5.33. The van der Waals surface area contributed by atoms with Gasteiger partial charge in [0.15, 0.2) is 5.82 Å². The van der Waals surface area contributed by atoms with E-state index >= 15 is 0 Å². The molecule has 1 aliphatic heterocycles. The standard InChI is InChI=1S/C21H26N6O2/c1-15-17(14-22-25(15)2)23-19(28)10-13-27-18-9-5-4-8-16(18)24-20(21(27)29)26-11-6-3-7-12-26/h4-5,8-9,14H,3,6-7,10-13H2,1-2H3,(H,23,28).